The van der Waals surface area contributed by atoms with E-state index < -0.39 is 0 Å². The van der Waals surface area contributed by atoms with Crippen molar-refractivity contribution in [3.8, 4) is 0 Å². The zero-order chi connectivity index (χ0) is 18.8. The smallest absolute Gasteiger partial charge is 0.138 e. The fourth-order valence-electron chi connectivity index (χ4n) is 3.02. The molecule has 0 radical (unpaired) electrons. The Morgan fingerprint density at radius 2 is 1.73 bits per heavy atom. The van der Waals surface area contributed by atoms with E-state index in [0.717, 1.165) is 32.7 Å². The van der Waals surface area contributed by atoms with E-state index in [1.807, 2.05) is 6.92 Å². The zero-order valence-electron chi connectivity index (χ0n) is 15.9. The minimum Gasteiger partial charge on any atom is -0.382 e. The molecular formula is C21H25BrN4. The van der Waals surface area contributed by atoms with Crippen molar-refractivity contribution in [1.29, 1.82) is 0 Å². The first-order chi connectivity index (χ1) is 12.3. The fraction of sp³-hybridized carbons (Fsp3) is 0.333. The van der Waals surface area contributed by atoms with Gasteiger partial charge in [-0.25, -0.2) is 9.97 Å². The van der Waals surface area contributed by atoms with Crippen LogP contribution in [0.4, 0.5) is 11.5 Å². The molecule has 0 aliphatic rings. The number of hydrogen-bond acceptors (Lipinski definition) is 4. The van der Waals surface area contributed by atoms with Crippen molar-refractivity contribution in [2.75, 3.05) is 10.6 Å². The van der Waals surface area contributed by atoms with Gasteiger partial charge >= 0.3 is 0 Å². The number of aromatic nitrogens is 2. The highest BCUT2D eigenvalue weighted by Gasteiger charge is 2.13. The van der Waals surface area contributed by atoms with Crippen molar-refractivity contribution in [1.82, 2.24) is 9.97 Å². The van der Waals surface area contributed by atoms with E-state index in [-0.39, 0.29) is 6.04 Å². The summed E-state index contributed by atoms with van der Waals surface area (Å²) in [5.74, 6) is 1.62. The predicted octanol–water partition coefficient (Wildman–Crippen LogP) is 6.00. The van der Waals surface area contributed by atoms with Crippen LogP contribution in [0.25, 0.3) is 10.9 Å². The molecule has 2 N–H and O–H groups in total. The molecule has 1 atom stereocenters. The summed E-state index contributed by atoms with van der Waals surface area (Å²) in [6.45, 7) is 10.4. The second-order valence-electron chi connectivity index (χ2n) is 7.05. The van der Waals surface area contributed by atoms with Crippen molar-refractivity contribution in [2.24, 2.45) is 0 Å². The van der Waals surface area contributed by atoms with Crippen LogP contribution in [-0.4, -0.2) is 16.0 Å². The summed E-state index contributed by atoms with van der Waals surface area (Å²) in [5.41, 5.74) is 4.48. The lowest BCUT2D eigenvalue weighted by atomic mass is 10.1. The summed E-state index contributed by atoms with van der Waals surface area (Å²) in [6, 6.07) is 13.2. The predicted molar refractivity (Wildman–Crippen MR) is 114 cm³/mol. The zero-order valence-corrected chi connectivity index (χ0v) is 17.5. The van der Waals surface area contributed by atoms with E-state index in [1.165, 1.54) is 11.1 Å². The van der Waals surface area contributed by atoms with Crippen molar-refractivity contribution in [3.05, 3.63) is 57.8 Å². The summed E-state index contributed by atoms with van der Waals surface area (Å²) in [4.78, 5) is 9.29. The third-order valence-electron chi connectivity index (χ3n) is 4.24. The molecule has 5 heteroatoms. The topological polar surface area (TPSA) is 49.8 Å². The number of nitrogens with zero attached hydrogens (tertiary/aromatic N) is 2. The van der Waals surface area contributed by atoms with Crippen LogP contribution < -0.4 is 10.6 Å². The minimum absolute atomic E-state index is 0.152. The summed E-state index contributed by atoms with van der Waals surface area (Å²) in [5, 5.41) is 8.02. The molecule has 26 heavy (non-hydrogen) atoms. The molecule has 1 heterocycles. The molecule has 0 amide bonds. The molecule has 1 aromatic heterocycles. The Morgan fingerprint density at radius 3 is 2.42 bits per heavy atom. The van der Waals surface area contributed by atoms with Gasteiger partial charge in [0, 0.05) is 21.9 Å². The number of nitrogens with one attached hydrogen (secondary N) is 2. The molecule has 0 unspecified atom stereocenters. The molecule has 3 aromatic rings. The van der Waals surface area contributed by atoms with Crippen LogP contribution in [0.2, 0.25) is 0 Å². The number of hydrogen-bond donors (Lipinski definition) is 2. The molecule has 3 rings (SSSR count). The van der Waals surface area contributed by atoms with Gasteiger partial charge in [0.2, 0.25) is 0 Å². The van der Waals surface area contributed by atoms with Crippen LogP contribution in [0.5, 0.6) is 0 Å². The lowest BCUT2D eigenvalue weighted by Gasteiger charge is -2.18. The standard InChI is InChI=1S/C21H25BrN4/c1-12(2)23-20-11-19-17(10-18(20)22)21(26-15(5)25-19)24-14(4)16-8-6-7-13(3)9-16/h6-12,14,23H,1-5H3,(H,24,25,26)/t14-/m1/s1. The van der Waals surface area contributed by atoms with Gasteiger partial charge in [-0.05, 0) is 68.2 Å². The van der Waals surface area contributed by atoms with E-state index in [2.05, 4.69) is 101 Å². The largest absolute Gasteiger partial charge is 0.382 e. The average Bonchev–Trinajstić information content (AvgIpc) is 2.56. The maximum Gasteiger partial charge on any atom is 0.138 e. The molecule has 2 aromatic carbocycles. The second kappa shape index (κ2) is 7.62. The van der Waals surface area contributed by atoms with Gasteiger partial charge in [0.1, 0.15) is 11.6 Å². The molecule has 0 bridgehead atoms. The van der Waals surface area contributed by atoms with E-state index in [0.29, 0.717) is 6.04 Å². The number of benzene rings is 2. The van der Waals surface area contributed by atoms with Gasteiger partial charge in [-0.2, -0.15) is 0 Å². The molecule has 136 valence electrons. The highest BCUT2D eigenvalue weighted by molar-refractivity contribution is 9.10. The normalized spacial score (nSPS) is 12.4. The first-order valence-electron chi connectivity index (χ1n) is 8.91. The lowest BCUT2D eigenvalue weighted by Crippen LogP contribution is -2.11. The van der Waals surface area contributed by atoms with Gasteiger partial charge in [-0.1, -0.05) is 29.8 Å². The molecule has 0 saturated carbocycles. The SMILES string of the molecule is Cc1cccc([C@@H](C)Nc2nc(C)nc3cc(NC(C)C)c(Br)cc23)c1. The van der Waals surface area contributed by atoms with Crippen LogP contribution in [0.3, 0.4) is 0 Å². The number of aryl methyl sites for hydroxylation is 2. The summed E-state index contributed by atoms with van der Waals surface area (Å²) >= 11 is 3.67. The Bertz CT molecular complexity index is 937. The van der Waals surface area contributed by atoms with Crippen LogP contribution in [0.1, 0.15) is 43.8 Å². The maximum atomic E-state index is 4.66. The maximum absolute atomic E-state index is 4.66. The molecule has 0 aliphatic carbocycles. The van der Waals surface area contributed by atoms with E-state index >= 15 is 0 Å². The van der Waals surface area contributed by atoms with Gasteiger partial charge in [0.05, 0.1) is 11.2 Å². The molecule has 0 fully saturated rings. The second-order valence-corrected chi connectivity index (χ2v) is 7.90. The Morgan fingerprint density at radius 1 is 0.962 bits per heavy atom. The Hall–Kier alpha value is -2.14. The molecule has 0 aliphatic heterocycles. The lowest BCUT2D eigenvalue weighted by molar-refractivity contribution is 0.870. The quantitative estimate of drug-likeness (QED) is 0.539. The van der Waals surface area contributed by atoms with Gasteiger partial charge in [0.15, 0.2) is 0 Å². The average molecular weight is 413 g/mol. The monoisotopic (exact) mass is 412 g/mol. The molecular weight excluding hydrogens is 388 g/mol. The van der Waals surface area contributed by atoms with Gasteiger partial charge in [-0.3, -0.25) is 0 Å². The van der Waals surface area contributed by atoms with Crippen molar-refractivity contribution < 1.29 is 0 Å². The third kappa shape index (κ3) is 4.15. The van der Waals surface area contributed by atoms with Crippen molar-refractivity contribution >= 4 is 38.3 Å². The third-order valence-corrected chi connectivity index (χ3v) is 4.89. The van der Waals surface area contributed by atoms with Crippen LogP contribution >= 0.6 is 15.9 Å². The fourth-order valence-corrected chi connectivity index (χ4v) is 3.48. The first kappa shape index (κ1) is 18.6. The Kier molecular flexibility index (Phi) is 5.47. The van der Waals surface area contributed by atoms with Gasteiger partial charge in [0.25, 0.3) is 0 Å². The number of anilines is 2. The van der Waals surface area contributed by atoms with Gasteiger partial charge < -0.3 is 10.6 Å². The highest BCUT2D eigenvalue weighted by atomic mass is 79.9. The summed E-state index contributed by atoms with van der Waals surface area (Å²) in [6.07, 6.45) is 0. The number of halogens is 1. The van der Waals surface area contributed by atoms with Crippen LogP contribution in [0.15, 0.2) is 40.9 Å². The summed E-state index contributed by atoms with van der Waals surface area (Å²) < 4.78 is 1.01. The van der Waals surface area contributed by atoms with Crippen molar-refractivity contribution in [3.63, 3.8) is 0 Å². The van der Waals surface area contributed by atoms with E-state index in [9.17, 15) is 0 Å². The Labute approximate surface area is 163 Å². The van der Waals surface area contributed by atoms with Crippen molar-refractivity contribution in [2.45, 2.75) is 46.7 Å². The van der Waals surface area contributed by atoms with Crippen LogP contribution in [0, 0.1) is 13.8 Å². The Balaban J connectivity index is 2.01. The number of fused-ring (bicyclic) bond motifs is 1. The van der Waals surface area contributed by atoms with Crippen LogP contribution in [-0.2, 0) is 0 Å². The minimum atomic E-state index is 0.152. The van der Waals surface area contributed by atoms with E-state index in [4.69, 9.17) is 0 Å². The molecule has 0 saturated heterocycles. The molecule has 0 spiro atoms. The number of rotatable bonds is 5. The van der Waals surface area contributed by atoms with Gasteiger partial charge in [-0.15, -0.1) is 0 Å². The van der Waals surface area contributed by atoms with E-state index in [1.54, 1.807) is 0 Å². The molecule has 4 nitrogen and oxygen atoms in total. The summed E-state index contributed by atoms with van der Waals surface area (Å²) in [7, 11) is 0. The highest BCUT2D eigenvalue weighted by Crippen LogP contribution is 2.32. The first-order valence-corrected chi connectivity index (χ1v) is 9.70.